The van der Waals surface area contributed by atoms with E-state index in [1.165, 1.54) is 18.2 Å². The van der Waals surface area contributed by atoms with E-state index in [0.29, 0.717) is 0 Å². The molecule has 0 bridgehead atoms. The van der Waals surface area contributed by atoms with Crippen LogP contribution >= 0.6 is 11.6 Å². The molecule has 0 spiro atoms. The molecule has 2 aromatic heterocycles. The number of rotatable bonds is 2. The highest BCUT2D eigenvalue weighted by Gasteiger charge is 2.04. The first-order valence-electron chi connectivity index (χ1n) is 4.23. The minimum absolute atomic E-state index is 0.804. The highest BCUT2D eigenvalue weighted by atomic mass is 35.5. The smallest absolute Gasteiger partial charge is 0.115 e. The van der Waals surface area contributed by atoms with Gasteiger partial charge in [-0.2, -0.15) is 0 Å². The quantitative estimate of drug-likeness (QED) is 0.773. The molecule has 0 aromatic carbocycles. The van der Waals surface area contributed by atoms with Crippen molar-refractivity contribution in [1.82, 2.24) is 19.9 Å². The van der Waals surface area contributed by atoms with E-state index in [1.807, 2.05) is 0 Å². The van der Waals surface area contributed by atoms with Gasteiger partial charge in [-0.3, -0.25) is 0 Å². The lowest BCUT2D eigenvalue weighted by atomic mass is 10.1. The van der Waals surface area contributed by atoms with Gasteiger partial charge in [-0.15, -0.1) is 0 Å². The summed E-state index contributed by atoms with van der Waals surface area (Å²) >= 11 is 5.76. The largest absolute Gasteiger partial charge is 0.244 e. The molecular formula is C10H7ClN4. The topological polar surface area (TPSA) is 51.6 Å². The molecule has 74 valence electrons. The summed E-state index contributed by atoms with van der Waals surface area (Å²) in [6.07, 6.45) is 9.69. The van der Waals surface area contributed by atoms with Crippen LogP contribution in [-0.2, 0) is 0 Å². The van der Waals surface area contributed by atoms with Crippen LogP contribution in [0, 0.1) is 0 Å². The van der Waals surface area contributed by atoms with E-state index in [9.17, 15) is 0 Å². The molecule has 0 fully saturated rings. The third-order valence-corrected chi connectivity index (χ3v) is 2.07. The third kappa shape index (κ3) is 2.16. The zero-order valence-corrected chi connectivity index (χ0v) is 8.46. The van der Waals surface area contributed by atoms with Gasteiger partial charge < -0.3 is 0 Å². The van der Waals surface area contributed by atoms with Crippen LogP contribution in [0.25, 0.3) is 5.57 Å². The molecule has 0 aliphatic heterocycles. The average molecular weight is 219 g/mol. The number of halogens is 1. The zero-order valence-electron chi connectivity index (χ0n) is 7.71. The Labute approximate surface area is 91.7 Å². The maximum atomic E-state index is 5.76. The Kier molecular flexibility index (Phi) is 2.99. The predicted octanol–water partition coefficient (Wildman–Crippen LogP) is 1.89. The van der Waals surface area contributed by atoms with Crippen LogP contribution in [0.3, 0.4) is 0 Å². The van der Waals surface area contributed by atoms with Crippen LogP contribution in [0.5, 0.6) is 0 Å². The van der Waals surface area contributed by atoms with Gasteiger partial charge in [0.05, 0.1) is 0 Å². The third-order valence-electron chi connectivity index (χ3n) is 1.85. The van der Waals surface area contributed by atoms with Gasteiger partial charge in [-0.1, -0.05) is 11.6 Å². The fourth-order valence-electron chi connectivity index (χ4n) is 1.17. The predicted molar refractivity (Wildman–Crippen MR) is 57.0 cm³/mol. The summed E-state index contributed by atoms with van der Waals surface area (Å²) in [4.78, 5) is 15.7. The van der Waals surface area contributed by atoms with Crippen LogP contribution in [0.4, 0.5) is 0 Å². The van der Waals surface area contributed by atoms with E-state index in [1.54, 1.807) is 24.8 Å². The molecule has 0 radical (unpaired) electrons. The summed E-state index contributed by atoms with van der Waals surface area (Å²) in [5.41, 5.74) is 3.94. The Balaban J connectivity index is 2.44. The van der Waals surface area contributed by atoms with E-state index in [-0.39, 0.29) is 0 Å². The lowest BCUT2D eigenvalue weighted by Gasteiger charge is -2.03. The maximum Gasteiger partial charge on any atom is 0.115 e. The second-order valence-electron chi connectivity index (χ2n) is 2.78. The molecule has 0 atom stereocenters. The van der Waals surface area contributed by atoms with Gasteiger partial charge >= 0.3 is 0 Å². The van der Waals surface area contributed by atoms with Crippen molar-refractivity contribution in [3.05, 3.63) is 54.1 Å². The molecule has 0 aliphatic carbocycles. The maximum absolute atomic E-state index is 5.76. The average Bonchev–Trinajstić information content (AvgIpc) is 2.33. The molecule has 0 amide bonds. The molecule has 2 heterocycles. The zero-order chi connectivity index (χ0) is 10.5. The summed E-state index contributed by atoms with van der Waals surface area (Å²) in [5.74, 6) is 0. The van der Waals surface area contributed by atoms with Crippen molar-refractivity contribution in [2.45, 2.75) is 0 Å². The molecule has 0 saturated heterocycles. The first kappa shape index (κ1) is 9.73. The van der Waals surface area contributed by atoms with Crippen molar-refractivity contribution in [3.8, 4) is 0 Å². The molecule has 0 unspecified atom stereocenters. The van der Waals surface area contributed by atoms with Crippen molar-refractivity contribution in [2.75, 3.05) is 0 Å². The Morgan fingerprint density at radius 3 is 1.60 bits per heavy atom. The molecule has 4 nitrogen and oxygen atoms in total. The van der Waals surface area contributed by atoms with Crippen molar-refractivity contribution in [2.24, 2.45) is 0 Å². The summed E-state index contributed by atoms with van der Waals surface area (Å²) in [7, 11) is 0. The summed E-state index contributed by atoms with van der Waals surface area (Å²) < 4.78 is 0. The van der Waals surface area contributed by atoms with Gasteiger partial charge in [0.1, 0.15) is 12.7 Å². The SMILES string of the molecule is ClC=C(c1cncnc1)c1cncnc1. The second-order valence-corrected chi connectivity index (χ2v) is 3.00. The van der Waals surface area contributed by atoms with Crippen LogP contribution in [-0.4, -0.2) is 19.9 Å². The van der Waals surface area contributed by atoms with E-state index in [0.717, 1.165) is 16.7 Å². The molecule has 0 saturated carbocycles. The Hall–Kier alpha value is -1.81. The van der Waals surface area contributed by atoms with Crippen LogP contribution in [0.15, 0.2) is 43.0 Å². The van der Waals surface area contributed by atoms with Gasteiger partial charge in [0, 0.05) is 47.0 Å². The Morgan fingerprint density at radius 1 is 0.867 bits per heavy atom. The van der Waals surface area contributed by atoms with Crippen molar-refractivity contribution in [1.29, 1.82) is 0 Å². The molecule has 2 rings (SSSR count). The van der Waals surface area contributed by atoms with Crippen LogP contribution in [0.1, 0.15) is 11.1 Å². The Morgan fingerprint density at radius 2 is 1.27 bits per heavy atom. The van der Waals surface area contributed by atoms with Crippen molar-refractivity contribution in [3.63, 3.8) is 0 Å². The monoisotopic (exact) mass is 218 g/mol. The summed E-state index contributed by atoms with van der Waals surface area (Å²) in [6.45, 7) is 0. The van der Waals surface area contributed by atoms with Gasteiger partial charge in [0.15, 0.2) is 0 Å². The van der Waals surface area contributed by atoms with Crippen molar-refractivity contribution < 1.29 is 0 Å². The van der Waals surface area contributed by atoms with Gasteiger partial charge in [0.25, 0.3) is 0 Å². The molecule has 2 aromatic rings. The van der Waals surface area contributed by atoms with Gasteiger partial charge in [0.2, 0.25) is 0 Å². The van der Waals surface area contributed by atoms with E-state index >= 15 is 0 Å². The number of nitrogens with zero attached hydrogens (tertiary/aromatic N) is 4. The standard InChI is InChI=1S/C10H7ClN4/c11-1-10(8-2-12-6-13-3-8)9-4-14-7-15-5-9/h1-7H. The second kappa shape index (κ2) is 4.61. The lowest BCUT2D eigenvalue weighted by Crippen LogP contribution is -1.91. The first-order valence-corrected chi connectivity index (χ1v) is 4.66. The van der Waals surface area contributed by atoms with Gasteiger partial charge in [-0.05, 0) is 0 Å². The molecular weight excluding hydrogens is 212 g/mol. The fourth-order valence-corrected chi connectivity index (χ4v) is 1.42. The van der Waals surface area contributed by atoms with E-state index in [4.69, 9.17) is 11.6 Å². The first-order chi connectivity index (χ1) is 7.42. The Bertz CT molecular complexity index is 414. The minimum atomic E-state index is 0.804. The fraction of sp³-hybridized carbons (Fsp3) is 0. The summed E-state index contributed by atoms with van der Waals surface area (Å²) in [5, 5.41) is 0. The van der Waals surface area contributed by atoms with Gasteiger partial charge in [-0.25, -0.2) is 19.9 Å². The molecule has 0 aliphatic rings. The van der Waals surface area contributed by atoms with Crippen LogP contribution in [0.2, 0.25) is 0 Å². The molecule has 15 heavy (non-hydrogen) atoms. The van der Waals surface area contributed by atoms with E-state index in [2.05, 4.69) is 19.9 Å². The number of hydrogen-bond acceptors (Lipinski definition) is 4. The lowest BCUT2D eigenvalue weighted by molar-refractivity contribution is 1.14. The molecule has 5 heteroatoms. The summed E-state index contributed by atoms with van der Waals surface area (Å²) in [6, 6.07) is 0. The van der Waals surface area contributed by atoms with Crippen LogP contribution < -0.4 is 0 Å². The number of aromatic nitrogens is 4. The highest BCUT2D eigenvalue weighted by molar-refractivity contribution is 6.29. The highest BCUT2D eigenvalue weighted by Crippen LogP contribution is 2.21. The normalized spacial score (nSPS) is 9.67. The number of hydrogen-bond donors (Lipinski definition) is 0. The van der Waals surface area contributed by atoms with E-state index < -0.39 is 0 Å². The molecule has 0 N–H and O–H groups in total. The minimum Gasteiger partial charge on any atom is -0.244 e. The van der Waals surface area contributed by atoms with Crippen molar-refractivity contribution >= 4 is 17.2 Å².